The number of hydrogen-bond acceptors (Lipinski definition) is 1. The molecule has 1 fully saturated rings. The summed E-state index contributed by atoms with van der Waals surface area (Å²) in [6.07, 6.45) is 8.87. The lowest BCUT2D eigenvalue weighted by molar-refractivity contribution is -0.122. The molecule has 0 aliphatic heterocycles. The second-order valence-corrected chi connectivity index (χ2v) is 3.04. The third-order valence-corrected chi connectivity index (χ3v) is 2.35. The van der Waals surface area contributed by atoms with Crippen molar-refractivity contribution in [3.63, 3.8) is 0 Å². The Kier molecular flexibility index (Phi) is 1.80. The van der Waals surface area contributed by atoms with Gasteiger partial charge in [0.1, 0.15) is 5.78 Å². The summed E-state index contributed by atoms with van der Waals surface area (Å²) >= 11 is 0. The van der Waals surface area contributed by atoms with E-state index in [0.29, 0.717) is 5.78 Å². The Morgan fingerprint density at radius 2 is 2.30 bits per heavy atom. The van der Waals surface area contributed by atoms with Crippen LogP contribution in [0.2, 0.25) is 0 Å². The van der Waals surface area contributed by atoms with E-state index < -0.39 is 0 Å². The van der Waals surface area contributed by atoms with Gasteiger partial charge in [-0.1, -0.05) is 0 Å². The Morgan fingerprint density at radius 3 is 2.60 bits per heavy atom. The van der Waals surface area contributed by atoms with Gasteiger partial charge in [0, 0.05) is 11.8 Å². The van der Waals surface area contributed by atoms with Crippen molar-refractivity contribution in [2.75, 3.05) is 0 Å². The highest BCUT2D eigenvalue weighted by atomic mass is 16.1. The molecule has 0 radical (unpaired) electrons. The second-order valence-electron chi connectivity index (χ2n) is 3.04. The molecule has 1 nitrogen and oxygen atoms in total. The van der Waals surface area contributed by atoms with Crippen molar-refractivity contribution in [2.24, 2.45) is 5.41 Å². The number of rotatable bonds is 3. The fourth-order valence-electron chi connectivity index (χ4n) is 1.24. The Labute approximate surface area is 61.8 Å². The van der Waals surface area contributed by atoms with Crippen LogP contribution in [-0.2, 0) is 4.79 Å². The van der Waals surface area contributed by atoms with Gasteiger partial charge in [-0.25, -0.2) is 0 Å². The highest BCUT2D eigenvalue weighted by Gasteiger charge is 2.46. The van der Waals surface area contributed by atoms with Crippen molar-refractivity contribution in [3.05, 3.63) is 0 Å². The summed E-state index contributed by atoms with van der Waals surface area (Å²) in [7, 11) is 0. The van der Waals surface area contributed by atoms with E-state index in [1.807, 2.05) is 0 Å². The Bertz CT molecular complexity index is 181. The van der Waals surface area contributed by atoms with Crippen LogP contribution in [0.4, 0.5) is 0 Å². The van der Waals surface area contributed by atoms with E-state index in [0.717, 1.165) is 25.7 Å². The summed E-state index contributed by atoms with van der Waals surface area (Å²) in [4.78, 5) is 11.0. The first-order chi connectivity index (χ1) is 4.71. The predicted molar refractivity (Wildman–Crippen MR) is 40.4 cm³/mol. The van der Waals surface area contributed by atoms with Crippen molar-refractivity contribution in [1.29, 1.82) is 0 Å². The fourth-order valence-corrected chi connectivity index (χ4v) is 1.24. The van der Waals surface area contributed by atoms with Crippen LogP contribution < -0.4 is 0 Å². The summed E-state index contributed by atoms with van der Waals surface area (Å²) in [5.74, 6) is 2.89. The summed E-state index contributed by atoms with van der Waals surface area (Å²) in [5, 5.41) is 0. The molecule has 0 aromatic carbocycles. The van der Waals surface area contributed by atoms with Gasteiger partial charge in [-0.05, 0) is 26.2 Å². The molecule has 0 aromatic rings. The van der Waals surface area contributed by atoms with E-state index in [4.69, 9.17) is 6.42 Å². The van der Waals surface area contributed by atoms with Gasteiger partial charge in [0.05, 0.1) is 0 Å². The number of Topliss-reactive ketones (excluding diaryl/α,β-unsaturated/α-hetero) is 1. The molecule has 1 saturated carbocycles. The summed E-state index contributed by atoms with van der Waals surface area (Å²) < 4.78 is 0. The Balaban J connectivity index is 2.40. The maximum absolute atomic E-state index is 11.0. The van der Waals surface area contributed by atoms with Gasteiger partial charge in [0.2, 0.25) is 0 Å². The lowest BCUT2D eigenvalue weighted by Crippen LogP contribution is -2.10. The molecular formula is C9H12O. The standard InChI is InChI=1S/C9H12O/c1-3-4-5-9(6-7-9)8(2)10/h1H,4-7H2,2H3. The summed E-state index contributed by atoms with van der Waals surface area (Å²) in [5.41, 5.74) is 0.0202. The van der Waals surface area contributed by atoms with Crippen LogP contribution in [0.3, 0.4) is 0 Å². The highest BCUT2D eigenvalue weighted by Crippen LogP contribution is 2.50. The number of ketones is 1. The zero-order valence-electron chi connectivity index (χ0n) is 6.31. The quantitative estimate of drug-likeness (QED) is 0.540. The molecule has 0 aromatic heterocycles. The summed E-state index contributed by atoms with van der Waals surface area (Å²) in [6.45, 7) is 1.67. The van der Waals surface area contributed by atoms with Crippen molar-refractivity contribution in [2.45, 2.75) is 32.6 Å². The Morgan fingerprint density at radius 1 is 1.70 bits per heavy atom. The van der Waals surface area contributed by atoms with Crippen molar-refractivity contribution < 1.29 is 4.79 Å². The zero-order chi connectivity index (χ0) is 7.61. The van der Waals surface area contributed by atoms with E-state index in [9.17, 15) is 4.79 Å². The minimum absolute atomic E-state index is 0.0202. The zero-order valence-corrected chi connectivity index (χ0v) is 6.31. The molecule has 54 valence electrons. The highest BCUT2D eigenvalue weighted by molar-refractivity contribution is 5.84. The third kappa shape index (κ3) is 1.21. The van der Waals surface area contributed by atoms with Crippen molar-refractivity contribution >= 4 is 5.78 Å². The number of terminal acetylenes is 1. The maximum Gasteiger partial charge on any atom is 0.135 e. The molecule has 10 heavy (non-hydrogen) atoms. The smallest absolute Gasteiger partial charge is 0.135 e. The molecule has 1 heteroatoms. The molecule has 0 saturated heterocycles. The first-order valence-corrected chi connectivity index (χ1v) is 3.66. The normalized spacial score (nSPS) is 19.6. The van der Waals surface area contributed by atoms with Crippen LogP contribution >= 0.6 is 0 Å². The topological polar surface area (TPSA) is 17.1 Å². The van der Waals surface area contributed by atoms with Gasteiger partial charge in [0.15, 0.2) is 0 Å². The molecule has 0 heterocycles. The van der Waals surface area contributed by atoms with E-state index in [-0.39, 0.29) is 5.41 Å². The molecule has 0 atom stereocenters. The molecule has 1 aliphatic carbocycles. The largest absolute Gasteiger partial charge is 0.299 e. The molecule has 1 rings (SSSR count). The predicted octanol–water partition coefficient (Wildman–Crippen LogP) is 1.77. The van der Waals surface area contributed by atoms with Gasteiger partial charge < -0.3 is 0 Å². The lowest BCUT2D eigenvalue weighted by atomic mass is 9.96. The van der Waals surface area contributed by atoms with E-state index >= 15 is 0 Å². The van der Waals surface area contributed by atoms with Crippen LogP contribution in [0.5, 0.6) is 0 Å². The monoisotopic (exact) mass is 136 g/mol. The number of hydrogen-bond donors (Lipinski definition) is 0. The molecule has 0 bridgehead atoms. The first kappa shape index (κ1) is 7.34. The molecule has 1 aliphatic rings. The number of carbonyl (C=O) groups excluding carboxylic acids is 1. The second kappa shape index (κ2) is 2.46. The van der Waals surface area contributed by atoms with Crippen LogP contribution in [-0.4, -0.2) is 5.78 Å². The Hall–Kier alpha value is -0.770. The van der Waals surface area contributed by atoms with Gasteiger partial charge in [-0.2, -0.15) is 0 Å². The van der Waals surface area contributed by atoms with E-state index in [1.165, 1.54) is 0 Å². The van der Waals surface area contributed by atoms with Gasteiger partial charge >= 0.3 is 0 Å². The van der Waals surface area contributed by atoms with E-state index in [2.05, 4.69) is 5.92 Å². The van der Waals surface area contributed by atoms with Gasteiger partial charge in [0.25, 0.3) is 0 Å². The van der Waals surface area contributed by atoms with Crippen LogP contribution in [0.25, 0.3) is 0 Å². The van der Waals surface area contributed by atoms with Crippen molar-refractivity contribution in [3.8, 4) is 12.3 Å². The van der Waals surface area contributed by atoms with E-state index in [1.54, 1.807) is 6.92 Å². The first-order valence-electron chi connectivity index (χ1n) is 3.66. The van der Waals surface area contributed by atoms with Crippen LogP contribution in [0.1, 0.15) is 32.6 Å². The molecular weight excluding hydrogens is 124 g/mol. The molecule has 0 N–H and O–H groups in total. The lowest BCUT2D eigenvalue weighted by Gasteiger charge is -2.06. The van der Waals surface area contributed by atoms with Crippen LogP contribution in [0, 0.1) is 17.8 Å². The van der Waals surface area contributed by atoms with Crippen LogP contribution in [0.15, 0.2) is 0 Å². The SMILES string of the molecule is C#CCCC1(C(C)=O)CC1. The number of carbonyl (C=O) groups is 1. The fraction of sp³-hybridized carbons (Fsp3) is 0.667. The summed E-state index contributed by atoms with van der Waals surface area (Å²) in [6, 6.07) is 0. The minimum Gasteiger partial charge on any atom is -0.299 e. The molecule has 0 spiro atoms. The van der Waals surface area contributed by atoms with Gasteiger partial charge in [-0.3, -0.25) is 4.79 Å². The average Bonchev–Trinajstić information content (AvgIpc) is 2.64. The van der Waals surface area contributed by atoms with Gasteiger partial charge in [-0.15, -0.1) is 12.3 Å². The van der Waals surface area contributed by atoms with Crippen molar-refractivity contribution in [1.82, 2.24) is 0 Å². The third-order valence-electron chi connectivity index (χ3n) is 2.35. The molecule has 0 unspecified atom stereocenters. The molecule has 0 amide bonds. The average molecular weight is 136 g/mol. The minimum atomic E-state index is 0.0202. The maximum atomic E-state index is 11.0.